The Kier molecular flexibility index (Phi) is 4.51. The number of rotatable bonds is 4. The van der Waals surface area contributed by atoms with E-state index in [-0.39, 0.29) is 11.2 Å². The van der Waals surface area contributed by atoms with Crippen LogP contribution in [0.25, 0.3) is 31.7 Å². The lowest BCUT2D eigenvalue weighted by Crippen LogP contribution is -2.12. The van der Waals surface area contributed by atoms with Gasteiger partial charge in [-0.15, -0.1) is 11.3 Å². The first-order valence-electron chi connectivity index (χ1n) is 8.46. The lowest BCUT2D eigenvalue weighted by Gasteiger charge is -2.12. The summed E-state index contributed by atoms with van der Waals surface area (Å²) >= 11 is 7.50. The number of aryl methyl sites for hydroxylation is 1. The van der Waals surface area contributed by atoms with Crippen molar-refractivity contribution in [2.45, 2.75) is 26.3 Å². The molecule has 0 aliphatic heterocycles. The van der Waals surface area contributed by atoms with Crippen LogP contribution in [0, 0.1) is 5.82 Å². The Morgan fingerprint density at radius 1 is 1.23 bits per heavy atom. The molecule has 0 saturated carbocycles. The summed E-state index contributed by atoms with van der Waals surface area (Å²) in [5.41, 5.74) is 1.81. The summed E-state index contributed by atoms with van der Waals surface area (Å²) in [6.07, 6.45) is 3.76. The molecule has 6 heteroatoms. The predicted molar refractivity (Wildman–Crippen MR) is 107 cm³/mol. The van der Waals surface area contributed by atoms with Crippen LogP contribution < -0.4 is 5.43 Å². The molecular weight excluding hydrogens is 371 g/mol. The maximum Gasteiger partial charge on any atom is 0.199 e. The summed E-state index contributed by atoms with van der Waals surface area (Å²) in [6.45, 7) is 2.82. The summed E-state index contributed by atoms with van der Waals surface area (Å²) in [7, 11) is 0. The monoisotopic (exact) mass is 386 g/mol. The molecule has 0 bridgehead atoms. The van der Waals surface area contributed by atoms with Crippen molar-refractivity contribution in [3.8, 4) is 10.6 Å². The maximum atomic E-state index is 13.7. The lowest BCUT2D eigenvalue weighted by molar-refractivity contribution is 0.621. The van der Waals surface area contributed by atoms with Gasteiger partial charge in [0.15, 0.2) is 5.43 Å². The molecule has 2 aromatic heterocycles. The molecule has 3 nitrogen and oxygen atoms in total. The number of thiazole rings is 1. The molecule has 132 valence electrons. The predicted octanol–water partition coefficient (Wildman–Crippen LogP) is 5.87. The second-order valence-electron chi connectivity index (χ2n) is 6.21. The van der Waals surface area contributed by atoms with E-state index in [1.54, 1.807) is 18.3 Å². The normalized spacial score (nSPS) is 11.5. The Morgan fingerprint density at radius 3 is 2.88 bits per heavy atom. The zero-order chi connectivity index (χ0) is 18.3. The fourth-order valence-corrected chi connectivity index (χ4v) is 4.16. The van der Waals surface area contributed by atoms with E-state index in [2.05, 4.69) is 11.9 Å². The Morgan fingerprint density at radius 2 is 2.08 bits per heavy atom. The summed E-state index contributed by atoms with van der Waals surface area (Å²) in [4.78, 5) is 17.6. The Labute approximate surface area is 158 Å². The third kappa shape index (κ3) is 3.02. The summed E-state index contributed by atoms with van der Waals surface area (Å²) < 4.78 is 16.7. The quantitative estimate of drug-likeness (QED) is 0.439. The smallest absolute Gasteiger partial charge is 0.199 e. The van der Waals surface area contributed by atoms with Crippen LogP contribution in [0.2, 0.25) is 5.02 Å². The molecule has 2 aromatic carbocycles. The SMILES string of the molecule is CCCCn1cc(-c2nc3cc(Cl)ccc3s2)c(=O)c2ccc(F)cc21. The van der Waals surface area contributed by atoms with E-state index in [0.717, 1.165) is 29.6 Å². The Hall–Kier alpha value is -2.24. The molecule has 0 fully saturated rings. The van der Waals surface area contributed by atoms with Gasteiger partial charge in [-0.25, -0.2) is 9.37 Å². The van der Waals surface area contributed by atoms with Crippen molar-refractivity contribution in [2.75, 3.05) is 0 Å². The van der Waals surface area contributed by atoms with Crippen molar-refractivity contribution < 1.29 is 4.39 Å². The van der Waals surface area contributed by atoms with Crippen molar-refractivity contribution in [2.24, 2.45) is 0 Å². The van der Waals surface area contributed by atoms with Crippen LogP contribution in [-0.4, -0.2) is 9.55 Å². The highest BCUT2D eigenvalue weighted by atomic mass is 35.5. The third-order valence-corrected chi connectivity index (χ3v) is 5.68. The zero-order valence-electron chi connectivity index (χ0n) is 14.1. The summed E-state index contributed by atoms with van der Waals surface area (Å²) in [6, 6.07) is 9.83. The molecule has 4 aromatic rings. The van der Waals surface area contributed by atoms with Crippen molar-refractivity contribution in [1.29, 1.82) is 0 Å². The van der Waals surface area contributed by atoms with Crippen LogP contribution in [0.5, 0.6) is 0 Å². The van der Waals surface area contributed by atoms with E-state index < -0.39 is 0 Å². The highest BCUT2D eigenvalue weighted by Gasteiger charge is 2.15. The first-order valence-corrected chi connectivity index (χ1v) is 9.65. The topological polar surface area (TPSA) is 34.9 Å². The Bertz CT molecular complexity index is 1180. The van der Waals surface area contributed by atoms with Crippen LogP contribution in [0.4, 0.5) is 4.39 Å². The van der Waals surface area contributed by atoms with E-state index in [1.807, 2.05) is 16.7 Å². The van der Waals surface area contributed by atoms with E-state index in [9.17, 15) is 9.18 Å². The van der Waals surface area contributed by atoms with E-state index in [1.165, 1.54) is 23.5 Å². The van der Waals surface area contributed by atoms with Crippen molar-refractivity contribution in [1.82, 2.24) is 9.55 Å². The average molecular weight is 387 g/mol. The molecule has 0 aliphatic rings. The molecule has 0 N–H and O–H groups in total. The molecule has 26 heavy (non-hydrogen) atoms. The van der Waals surface area contributed by atoms with Gasteiger partial charge in [0.1, 0.15) is 10.8 Å². The number of halogens is 2. The van der Waals surface area contributed by atoms with Gasteiger partial charge in [0, 0.05) is 23.2 Å². The van der Waals surface area contributed by atoms with E-state index >= 15 is 0 Å². The molecule has 0 atom stereocenters. The van der Waals surface area contributed by atoms with Crippen LogP contribution in [-0.2, 0) is 6.54 Å². The molecule has 0 amide bonds. The van der Waals surface area contributed by atoms with Crippen LogP contribution >= 0.6 is 22.9 Å². The molecule has 0 spiro atoms. The fourth-order valence-electron chi connectivity index (χ4n) is 3.05. The molecule has 4 rings (SSSR count). The zero-order valence-corrected chi connectivity index (χ0v) is 15.7. The summed E-state index contributed by atoms with van der Waals surface area (Å²) in [5.74, 6) is -0.343. The van der Waals surface area contributed by atoms with Gasteiger partial charge < -0.3 is 4.57 Å². The second-order valence-corrected chi connectivity index (χ2v) is 7.68. The van der Waals surface area contributed by atoms with Crippen molar-refractivity contribution in [3.05, 3.63) is 63.7 Å². The van der Waals surface area contributed by atoms with Crippen LogP contribution in [0.1, 0.15) is 19.8 Å². The number of unbranched alkanes of at least 4 members (excludes halogenated alkanes) is 1. The van der Waals surface area contributed by atoms with Crippen molar-refractivity contribution in [3.63, 3.8) is 0 Å². The van der Waals surface area contributed by atoms with Gasteiger partial charge in [-0.2, -0.15) is 0 Å². The highest BCUT2D eigenvalue weighted by molar-refractivity contribution is 7.21. The molecule has 0 unspecified atom stereocenters. The largest absolute Gasteiger partial charge is 0.346 e. The fraction of sp³-hybridized carbons (Fsp3) is 0.200. The second kappa shape index (κ2) is 6.82. The molecule has 0 radical (unpaired) electrons. The summed E-state index contributed by atoms with van der Waals surface area (Å²) in [5, 5.41) is 1.78. The van der Waals surface area contributed by atoms with Crippen molar-refractivity contribution >= 4 is 44.1 Å². The van der Waals surface area contributed by atoms with Gasteiger partial charge in [-0.3, -0.25) is 4.79 Å². The number of aromatic nitrogens is 2. The van der Waals surface area contributed by atoms with Gasteiger partial charge in [-0.1, -0.05) is 24.9 Å². The number of hydrogen-bond acceptors (Lipinski definition) is 3. The van der Waals surface area contributed by atoms with E-state index in [4.69, 9.17) is 11.6 Å². The van der Waals surface area contributed by atoms with Gasteiger partial charge >= 0.3 is 0 Å². The minimum atomic E-state index is -0.343. The van der Waals surface area contributed by atoms with Crippen LogP contribution in [0.3, 0.4) is 0 Å². The highest BCUT2D eigenvalue weighted by Crippen LogP contribution is 2.31. The van der Waals surface area contributed by atoms with E-state index in [0.29, 0.717) is 26.5 Å². The number of pyridine rings is 1. The average Bonchev–Trinajstić information content (AvgIpc) is 3.04. The van der Waals surface area contributed by atoms with Gasteiger partial charge in [-0.05, 0) is 42.8 Å². The molecular formula is C20H16ClFN2OS. The maximum absolute atomic E-state index is 13.7. The molecule has 0 aliphatic carbocycles. The van der Waals surface area contributed by atoms with Gasteiger partial charge in [0.2, 0.25) is 0 Å². The third-order valence-electron chi connectivity index (χ3n) is 4.38. The van der Waals surface area contributed by atoms with Gasteiger partial charge in [0.05, 0.1) is 21.3 Å². The molecule has 0 saturated heterocycles. The minimum absolute atomic E-state index is 0.127. The number of fused-ring (bicyclic) bond motifs is 2. The first kappa shape index (κ1) is 17.2. The lowest BCUT2D eigenvalue weighted by atomic mass is 10.1. The minimum Gasteiger partial charge on any atom is -0.346 e. The standard InChI is InChI=1S/C20H16ClFN2OS/c1-2-3-8-24-11-15(19(25)14-6-5-13(22)10-17(14)24)20-23-16-9-12(21)4-7-18(16)26-20/h4-7,9-11H,2-3,8H2,1H3. The van der Waals surface area contributed by atoms with Gasteiger partial charge in [0.25, 0.3) is 0 Å². The number of benzene rings is 2. The number of nitrogens with zero attached hydrogens (tertiary/aromatic N) is 2. The first-order chi connectivity index (χ1) is 12.6. The van der Waals surface area contributed by atoms with Crippen LogP contribution in [0.15, 0.2) is 47.4 Å². The number of hydrogen-bond donors (Lipinski definition) is 0. The molecule has 2 heterocycles. The Balaban J connectivity index is 1.97.